The second-order valence-corrected chi connectivity index (χ2v) is 5.83. The van der Waals surface area contributed by atoms with Crippen molar-refractivity contribution in [3.63, 3.8) is 0 Å². The number of benzene rings is 2. The molecule has 0 saturated carbocycles. The minimum atomic E-state index is -0.00757. The van der Waals surface area contributed by atoms with Crippen LogP contribution in [0.3, 0.4) is 0 Å². The lowest BCUT2D eigenvalue weighted by molar-refractivity contribution is 0.326. The third-order valence-corrected chi connectivity index (χ3v) is 3.13. The summed E-state index contributed by atoms with van der Waals surface area (Å²) in [5, 5.41) is 0. The second-order valence-electron chi connectivity index (χ2n) is 5.83. The van der Waals surface area contributed by atoms with E-state index in [4.69, 9.17) is 10.5 Å². The highest BCUT2D eigenvalue weighted by Crippen LogP contribution is 2.32. The summed E-state index contributed by atoms with van der Waals surface area (Å²) in [7, 11) is 0. The van der Waals surface area contributed by atoms with Gasteiger partial charge in [-0.1, -0.05) is 51.1 Å². The van der Waals surface area contributed by atoms with Gasteiger partial charge in [-0.15, -0.1) is 12.4 Å². The van der Waals surface area contributed by atoms with Gasteiger partial charge in [0.25, 0.3) is 0 Å². The van der Waals surface area contributed by atoms with Gasteiger partial charge in [0.05, 0.1) is 0 Å². The van der Waals surface area contributed by atoms with E-state index in [9.17, 15) is 0 Å². The average Bonchev–Trinajstić information content (AvgIpc) is 2.38. The number of ether oxygens (including phenoxy) is 1. The quantitative estimate of drug-likeness (QED) is 0.868. The van der Waals surface area contributed by atoms with Gasteiger partial charge in [-0.25, -0.2) is 0 Å². The summed E-state index contributed by atoms with van der Waals surface area (Å²) < 4.78 is 5.83. The first-order chi connectivity index (χ1) is 8.97. The van der Waals surface area contributed by atoms with Gasteiger partial charge in [-0.05, 0) is 35.2 Å². The fourth-order valence-corrected chi connectivity index (χ4v) is 1.90. The molecule has 3 heteroatoms. The maximum absolute atomic E-state index is 6.28. The largest absolute Gasteiger partial charge is 0.457 e. The Bertz CT molecular complexity index is 534. The molecule has 0 aliphatic carbocycles. The Labute approximate surface area is 127 Å². The molecule has 0 spiro atoms. The van der Waals surface area contributed by atoms with Gasteiger partial charge in [0.15, 0.2) is 0 Å². The summed E-state index contributed by atoms with van der Waals surface area (Å²) in [6.45, 7) is 6.42. The lowest BCUT2D eigenvalue weighted by Gasteiger charge is -2.27. The molecule has 0 unspecified atom stereocenters. The van der Waals surface area contributed by atoms with Gasteiger partial charge in [-0.2, -0.15) is 0 Å². The van der Waals surface area contributed by atoms with E-state index in [0.29, 0.717) is 0 Å². The summed E-state index contributed by atoms with van der Waals surface area (Å²) in [6, 6.07) is 17.8. The van der Waals surface area contributed by atoms with Crippen LogP contribution in [-0.4, -0.2) is 0 Å². The van der Waals surface area contributed by atoms with E-state index >= 15 is 0 Å². The molecule has 20 heavy (non-hydrogen) atoms. The Morgan fingerprint density at radius 3 is 2.10 bits per heavy atom. The van der Waals surface area contributed by atoms with Gasteiger partial charge in [0.1, 0.15) is 11.5 Å². The van der Waals surface area contributed by atoms with E-state index in [0.717, 1.165) is 17.1 Å². The Kier molecular flexibility index (Phi) is 5.61. The number of hydrogen-bond donors (Lipinski definition) is 1. The Morgan fingerprint density at radius 1 is 0.900 bits per heavy atom. The molecule has 0 amide bonds. The zero-order chi connectivity index (χ0) is 13.9. The number of rotatable bonds is 3. The zero-order valence-electron chi connectivity index (χ0n) is 12.2. The molecular formula is C17H22ClNO. The molecule has 2 N–H and O–H groups in total. The third-order valence-electron chi connectivity index (χ3n) is 3.13. The molecule has 2 nitrogen and oxygen atoms in total. The molecule has 2 aromatic carbocycles. The molecule has 2 aromatic rings. The molecule has 0 fully saturated rings. The van der Waals surface area contributed by atoms with Gasteiger partial charge >= 0.3 is 0 Å². The number of nitrogens with two attached hydrogens (primary N) is 1. The molecule has 108 valence electrons. The summed E-state index contributed by atoms with van der Waals surface area (Å²) in [5.74, 6) is 1.66. The highest BCUT2D eigenvalue weighted by molar-refractivity contribution is 5.85. The monoisotopic (exact) mass is 291 g/mol. The molecule has 0 heterocycles. The Balaban J connectivity index is 0.00000200. The first kappa shape index (κ1) is 16.5. The Morgan fingerprint density at radius 2 is 1.50 bits per heavy atom. The van der Waals surface area contributed by atoms with Crippen LogP contribution in [0.5, 0.6) is 11.5 Å². The number of halogens is 1. The molecule has 0 bridgehead atoms. The first-order valence-corrected chi connectivity index (χ1v) is 6.55. The number of hydrogen-bond acceptors (Lipinski definition) is 2. The molecule has 0 aliphatic heterocycles. The molecule has 0 radical (unpaired) electrons. The summed E-state index contributed by atoms with van der Waals surface area (Å²) in [5.41, 5.74) is 7.41. The van der Waals surface area contributed by atoms with Crippen molar-refractivity contribution in [1.82, 2.24) is 0 Å². The van der Waals surface area contributed by atoms with Gasteiger partial charge in [0, 0.05) is 6.04 Å². The predicted octanol–water partition coefficient (Wildman–Crippen LogP) is 4.95. The van der Waals surface area contributed by atoms with Crippen LogP contribution in [-0.2, 0) is 0 Å². The smallest absolute Gasteiger partial charge is 0.127 e. The van der Waals surface area contributed by atoms with Crippen molar-refractivity contribution in [2.45, 2.75) is 26.8 Å². The average molecular weight is 292 g/mol. The standard InChI is InChI=1S/C17H21NO.ClH/c1-17(2,3)16(18)13-8-7-11-15(12-13)19-14-9-5-4-6-10-14;/h4-12,16H,18H2,1-3H3;1H/t16-;/m1./s1. The Hall–Kier alpha value is -1.51. The fraction of sp³-hybridized carbons (Fsp3) is 0.294. The van der Waals surface area contributed by atoms with Crippen molar-refractivity contribution in [3.8, 4) is 11.5 Å². The minimum absolute atomic E-state index is 0. The van der Waals surface area contributed by atoms with Gasteiger partial charge in [-0.3, -0.25) is 0 Å². The van der Waals surface area contributed by atoms with Crippen molar-refractivity contribution >= 4 is 12.4 Å². The van der Waals surface area contributed by atoms with E-state index in [2.05, 4.69) is 20.8 Å². The molecule has 0 aliphatic rings. The lowest BCUT2D eigenvalue weighted by Crippen LogP contribution is -2.26. The fourth-order valence-electron chi connectivity index (χ4n) is 1.90. The summed E-state index contributed by atoms with van der Waals surface area (Å²) in [4.78, 5) is 0. The normalized spacial score (nSPS) is 12.4. The summed E-state index contributed by atoms with van der Waals surface area (Å²) >= 11 is 0. The SMILES string of the molecule is CC(C)(C)[C@H](N)c1cccc(Oc2ccccc2)c1.Cl. The van der Waals surface area contributed by atoms with Crippen LogP contribution in [0, 0.1) is 5.41 Å². The van der Waals surface area contributed by atoms with E-state index in [-0.39, 0.29) is 23.9 Å². The lowest BCUT2D eigenvalue weighted by atomic mass is 9.83. The van der Waals surface area contributed by atoms with Crippen LogP contribution in [0.15, 0.2) is 54.6 Å². The van der Waals surface area contributed by atoms with Crippen molar-refractivity contribution in [2.24, 2.45) is 11.1 Å². The van der Waals surface area contributed by atoms with Crippen LogP contribution < -0.4 is 10.5 Å². The zero-order valence-corrected chi connectivity index (χ0v) is 13.0. The topological polar surface area (TPSA) is 35.2 Å². The molecule has 1 atom stereocenters. The van der Waals surface area contributed by atoms with Crippen molar-refractivity contribution in [2.75, 3.05) is 0 Å². The van der Waals surface area contributed by atoms with Crippen LogP contribution in [0.25, 0.3) is 0 Å². The summed E-state index contributed by atoms with van der Waals surface area (Å²) in [6.07, 6.45) is 0. The van der Waals surface area contributed by atoms with E-state index in [1.165, 1.54) is 0 Å². The maximum atomic E-state index is 6.28. The highest BCUT2D eigenvalue weighted by Gasteiger charge is 2.22. The van der Waals surface area contributed by atoms with E-state index < -0.39 is 0 Å². The molecule has 0 saturated heterocycles. The minimum Gasteiger partial charge on any atom is -0.457 e. The van der Waals surface area contributed by atoms with Gasteiger partial charge in [0.2, 0.25) is 0 Å². The first-order valence-electron chi connectivity index (χ1n) is 6.55. The molecule has 0 aromatic heterocycles. The maximum Gasteiger partial charge on any atom is 0.127 e. The predicted molar refractivity (Wildman–Crippen MR) is 86.6 cm³/mol. The third kappa shape index (κ3) is 4.26. The molecule has 2 rings (SSSR count). The van der Waals surface area contributed by atoms with Crippen LogP contribution in [0.1, 0.15) is 32.4 Å². The number of para-hydroxylation sites is 1. The van der Waals surface area contributed by atoms with Gasteiger partial charge < -0.3 is 10.5 Å². The van der Waals surface area contributed by atoms with Crippen LogP contribution >= 0.6 is 12.4 Å². The van der Waals surface area contributed by atoms with Crippen molar-refractivity contribution in [1.29, 1.82) is 0 Å². The highest BCUT2D eigenvalue weighted by atomic mass is 35.5. The molecular weight excluding hydrogens is 270 g/mol. The van der Waals surface area contributed by atoms with E-state index in [1.807, 2.05) is 54.6 Å². The van der Waals surface area contributed by atoms with Crippen LogP contribution in [0.4, 0.5) is 0 Å². The second kappa shape index (κ2) is 6.78. The van der Waals surface area contributed by atoms with E-state index in [1.54, 1.807) is 0 Å². The van der Waals surface area contributed by atoms with Crippen molar-refractivity contribution in [3.05, 3.63) is 60.2 Å². The van der Waals surface area contributed by atoms with Crippen LogP contribution in [0.2, 0.25) is 0 Å². The van der Waals surface area contributed by atoms with Crippen molar-refractivity contribution < 1.29 is 4.74 Å².